The van der Waals surface area contributed by atoms with Crippen LogP contribution in [0.1, 0.15) is 11.3 Å². The summed E-state index contributed by atoms with van der Waals surface area (Å²) in [7, 11) is 1.86. The van der Waals surface area contributed by atoms with Gasteiger partial charge in [-0.1, -0.05) is 11.8 Å². The Bertz CT molecular complexity index is 347. The summed E-state index contributed by atoms with van der Waals surface area (Å²) in [6, 6.07) is 1.84. The fourth-order valence-corrected chi connectivity index (χ4v) is 0.904. The van der Waals surface area contributed by atoms with Gasteiger partial charge in [-0.3, -0.25) is 4.98 Å². The second-order valence-corrected chi connectivity index (χ2v) is 2.73. The van der Waals surface area contributed by atoms with E-state index in [0.29, 0.717) is 12.2 Å². The fraction of sp³-hybridized carbons (Fsp3) is 0.300. The molecule has 1 heterocycles. The van der Waals surface area contributed by atoms with Crippen LogP contribution in [0.2, 0.25) is 0 Å². The highest BCUT2D eigenvalue weighted by Gasteiger charge is 1.95. The minimum absolute atomic E-state index is 0.652. The molecule has 0 unspecified atom stereocenters. The van der Waals surface area contributed by atoms with Crippen LogP contribution in [-0.2, 0) is 0 Å². The predicted molar refractivity (Wildman–Crippen MR) is 54.2 cm³/mol. The van der Waals surface area contributed by atoms with Crippen molar-refractivity contribution >= 4 is 5.69 Å². The normalized spacial score (nSPS) is 9.08. The molecule has 0 radical (unpaired) electrons. The van der Waals surface area contributed by atoms with Crippen molar-refractivity contribution < 1.29 is 0 Å². The zero-order chi connectivity index (χ0) is 9.68. The van der Waals surface area contributed by atoms with E-state index in [9.17, 15) is 0 Å². The number of anilines is 1. The van der Waals surface area contributed by atoms with Crippen molar-refractivity contribution in [2.45, 2.75) is 6.92 Å². The van der Waals surface area contributed by atoms with Gasteiger partial charge < -0.3 is 11.1 Å². The average molecular weight is 175 g/mol. The number of hydrogen-bond acceptors (Lipinski definition) is 3. The highest BCUT2D eigenvalue weighted by atomic mass is 14.8. The summed E-state index contributed by atoms with van der Waals surface area (Å²) in [5.74, 6) is 5.96. The van der Waals surface area contributed by atoms with Gasteiger partial charge in [0.25, 0.3) is 0 Å². The molecule has 0 fully saturated rings. The van der Waals surface area contributed by atoms with Gasteiger partial charge in [0.05, 0.1) is 24.1 Å². The highest BCUT2D eigenvalue weighted by molar-refractivity contribution is 5.47. The number of pyridine rings is 1. The van der Waals surface area contributed by atoms with Gasteiger partial charge in [-0.25, -0.2) is 0 Å². The van der Waals surface area contributed by atoms with Crippen molar-refractivity contribution in [2.24, 2.45) is 0 Å². The van der Waals surface area contributed by atoms with Crippen molar-refractivity contribution in [3.8, 4) is 11.8 Å². The SMILES string of the molecule is CNCC#Cc1cc(N)cnc1C. The molecule has 1 rings (SSSR count). The molecule has 0 saturated heterocycles. The second-order valence-electron chi connectivity index (χ2n) is 2.73. The average Bonchev–Trinajstić information content (AvgIpc) is 2.11. The first-order valence-electron chi connectivity index (χ1n) is 4.09. The Kier molecular flexibility index (Phi) is 3.30. The van der Waals surface area contributed by atoms with Gasteiger partial charge in [0.1, 0.15) is 0 Å². The van der Waals surface area contributed by atoms with Gasteiger partial charge in [-0.2, -0.15) is 0 Å². The zero-order valence-corrected chi connectivity index (χ0v) is 7.89. The van der Waals surface area contributed by atoms with Crippen LogP contribution in [0.15, 0.2) is 12.3 Å². The van der Waals surface area contributed by atoms with E-state index in [-0.39, 0.29) is 0 Å². The number of aromatic nitrogens is 1. The quantitative estimate of drug-likeness (QED) is 0.613. The molecule has 1 aromatic rings. The van der Waals surface area contributed by atoms with E-state index in [0.717, 1.165) is 11.3 Å². The molecule has 0 aliphatic rings. The largest absolute Gasteiger partial charge is 0.397 e. The predicted octanol–water partition coefficient (Wildman–Crippen LogP) is 0.543. The molecular weight excluding hydrogens is 162 g/mol. The van der Waals surface area contributed by atoms with Crippen LogP contribution in [0.5, 0.6) is 0 Å². The van der Waals surface area contributed by atoms with Crippen LogP contribution in [-0.4, -0.2) is 18.6 Å². The van der Waals surface area contributed by atoms with E-state index in [4.69, 9.17) is 5.73 Å². The molecule has 3 N–H and O–H groups in total. The van der Waals surface area contributed by atoms with E-state index in [1.807, 2.05) is 20.0 Å². The maximum absolute atomic E-state index is 5.59. The molecule has 13 heavy (non-hydrogen) atoms. The van der Waals surface area contributed by atoms with Crippen LogP contribution in [0.3, 0.4) is 0 Å². The van der Waals surface area contributed by atoms with E-state index >= 15 is 0 Å². The summed E-state index contributed by atoms with van der Waals surface area (Å²) in [6.45, 7) is 2.59. The van der Waals surface area contributed by atoms with Crippen LogP contribution >= 0.6 is 0 Å². The zero-order valence-electron chi connectivity index (χ0n) is 7.89. The highest BCUT2D eigenvalue weighted by Crippen LogP contribution is 2.07. The molecule has 0 aliphatic heterocycles. The Morgan fingerprint density at radius 1 is 1.62 bits per heavy atom. The molecule has 0 spiro atoms. The van der Waals surface area contributed by atoms with Gasteiger partial charge in [0.15, 0.2) is 0 Å². The minimum Gasteiger partial charge on any atom is -0.397 e. The lowest BCUT2D eigenvalue weighted by Gasteiger charge is -1.97. The third kappa shape index (κ3) is 2.77. The topological polar surface area (TPSA) is 50.9 Å². The third-order valence-electron chi connectivity index (χ3n) is 1.60. The van der Waals surface area contributed by atoms with Gasteiger partial charge in [-0.05, 0) is 20.0 Å². The molecule has 3 heteroatoms. The number of nitrogen functional groups attached to an aromatic ring is 1. The number of hydrogen-bond donors (Lipinski definition) is 2. The van der Waals surface area contributed by atoms with Crippen LogP contribution in [0.25, 0.3) is 0 Å². The van der Waals surface area contributed by atoms with Crippen molar-refractivity contribution in [1.82, 2.24) is 10.3 Å². The van der Waals surface area contributed by atoms with Gasteiger partial charge in [0.2, 0.25) is 0 Å². The summed E-state index contributed by atoms with van der Waals surface area (Å²) in [5, 5.41) is 2.95. The lowest BCUT2D eigenvalue weighted by Crippen LogP contribution is -2.04. The molecule has 3 nitrogen and oxygen atoms in total. The summed E-state index contributed by atoms with van der Waals surface area (Å²) < 4.78 is 0. The lowest BCUT2D eigenvalue weighted by molar-refractivity contribution is 0.938. The lowest BCUT2D eigenvalue weighted by atomic mass is 10.2. The summed E-state index contributed by atoms with van der Waals surface area (Å²) in [4.78, 5) is 4.11. The fourth-order valence-electron chi connectivity index (χ4n) is 0.904. The Morgan fingerprint density at radius 2 is 2.38 bits per heavy atom. The number of aryl methyl sites for hydroxylation is 1. The van der Waals surface area contributed by atoms with Crippen molar-refractivity contribution in [3.63, 3.8) is 0 Å². The van der Waals surface area contributed by atoms with E-state index in [1.54, 1.807) is 6.20 Å². The summed E-state index contributed by atoms with van der Waals surface area (Å²) in [5.41, 5.74) is 8.05. The minimum atomic E-state index is 0.652. The maximum atomic E-state index is 5.59. The number of rotatable bonds is 1. The maximum Gasteiger partial charge on any atom is 0.0577 e. The smallest absolute Gasteiger partial charge is 0.0577 e. The van der Waals surface area contributed by atoms with Gasteiger partial charge in [0, 0.05) is 5.56 Å². The molecular formula is C10H13N3. The molecule has 0 amide bonds. The van der Waals surface area contributed by atoms with E-state index in [2.05, 4.69) is 22.1 Å². The molecule has 0 bridgehead atoms. The van der Waals surface area contributed by atoms with Crippen LogP contribution in [0.4, 0.5) is 5.69 Å². The molecule has 0 saturated carbocycles. The Balaban J connectivity index is 2.89. The Morgan fingerprint density at radius 3 is 3.08 bits per heavy atom. The monoisotopic (exact) mass is 175 g/mol. The molecule has 0 aliphatic carbocycles. The molecule has 68 valence electrons. The third-order valence-corrected chi connectivity index (χ3v) is 1.60. The standard InChI is InChI=1S/C10H13N3/c1-8-9(4-3-5-12-2)6-10(11)7-13-8/h6-7,12H,5,11H2,1-2H3. The summed E-state index contributed by atoms with van der Waals surface area (Å²) >= 11 is 0. The number of nitrogens with zero attached hydrogens (tertiary/aromatic N) is 1. The van der Waals surface area contributed by atoms with E-state index < -0.39 is 0 Å². The van der Waals surface area contributed by atoms with Gasteiger partial charge in [-0.15, -0.1) is 0 Å². The Labute approximate surface area is 78.4 Å². The first-order valence-corrected chi connectivity index (χ1v) is 4.09. The van der Waals surface area contributed by atoms with Crippen LogP contribution in [0, 0.1) is 18.8 Å². The number of nitrogens with two attached hydrogens (primary N) is 1. The summed E-state index contributed by atoms with van der Waals surface area (Å²) in [6.07, 6.45) is 1.64. The van der Waals surface area contributed by atoms with Crippen LogP contribution < -0.4 is 11.1 Å². The second kappa shape index (κ2) is 4.48. The number of nitrogens with one attached hydrogen (secondary N) is 1. The van der Waals surface area contributed by atoms with Crippen molar-refractivity contribution in [2.75, 3.05) is 19.3 Å². The van der Waals surface area contributed by atoms with Crippen molar-refractivity contribution in [3.05, 3.63) is 23.5 Å². The van der Waals surface area contributed by atoms with Gasteiger partial charge >= 0.3 is 0 Å². The first-order chi connectivity index (χ1) is 6.24. The van der Waals surface area contributed by atoms with E-state index in [1.165, 1.54) is 0 Å². The molecule has 0 atom stereocenters. The molecule has 1 aromatic heterocycles. The van der Waals surface area contributed by atoms with Crippen molar-refractivity contribution in [1.29, 1.82) is 0 Å². The first kappa shape index (κ1) is 9.56. The molecule has 0 aromatic carbocycles. The Hall–Kier alpha value is -1.53.